The fourth-order valence-electron chi connectivity index (χ4n) is 4.33. The molecular weight excluding hydrogens is 457 g/mol. The smallest absolute Gasteiger partial charge is 0.352 e. The van der Waals surface area contributed by atoms with Crippen molar-refractivity contribution in [3.8, 4) is 11.3 Å². The lowest BCUT2D eigenvalue weighted by molar-refractivity contribution is -0.141. The molecule has 1 saturated carbocycles. The van der Waals surface area contributed by atoms with E-state index in [1.54, 1.807) is 10.7 Å². The number of carbonyl (C=O) groups is 1. The molecule has 4 aromatic rings. The second-order valence-electron chi connectivity index (χ2n) is 8.93. The molecule has 182 valence electrons. The number of amides is 1. The molecule has 1 amide bonds. The summed E-state index contributed by atoms with van der Waals surface area (Å²) < 4.78 is 42.5. The number of nitrogens with one attached hydrogen (secondary N) is 1. The third-order valence-corrected chi connectivity index (χ3v) is 6.18. The van der Waals surface area contributed by atoms with Gasteiger partial charge in [0.05, 0.1) is 22.5 Å². The van der Waals surface area contributed by atoms with Crippen molar-refractivity contribution in [1.82, 2.24) is 29.9 Å². The van der Waals surface area contributed by atoms with Crippen molar-refractivity contribution in [3.63, 3.8) is 0 Å². The van der Waals surface area contributed by atoms with Gasteiger partial charge in [0.2, 0.25) is 0 Å². The van der Waals surface area contributed by atoms with Crippen LogP contribution < -0.4 is 5.32 Å². The molecular formula is C25H25F3N6O. The maximum atomic E-state index is 13.1. The summed E-state index contributed by atoms with van der Waals surface area (Å²) in [7, 11) is 1.83. The van der Waals surface area contributed by atoms with Gasteiger partial charge in [-0.2, -0.15) is 23.4 Å². The standard InChI is InChI=1S/C25H25F3N6O/c1-15-19(14-33(2)31-15)21-12-18(17-6-3-4-7-20(17)30-21)24(35)29-10-5-11-34-22(16-8-9-16)13-23(32-34)25(26,27)28/h3-4,6-7,12-14,16H,5,8-11H2,1-2H3,(H,29,35). The first-order valence-electron chi connectivity index (χ1n) is 11.5. The van der Waals surface area contributed by atoms with Gasteiger partial charge in [0.1, 0.15) is 0 Å². The molecule has 1 aliphatic carbocycles. The predicted molar refractivity (Wildman–Crippen MR) is 125 cm³/mol. The van der Waals surface area contributed by atoms with E-state index in [1.165, 1.54) is 4.68 Å². The van der Waals surface area contributed by atoms with E-state index in [1.807, 2.05) is 44.4 Å². The van der Waals surface area contributed by atoms with Gasteiger partial charge >= 0.3 is 6.18 Å². The van der Waals surface area contributed by atoms with Crippen molar-refractivity contribution in [3.05, 3.63) is 65.2 Å². The molecule has 1 aromatic carbocycles. The maximum absolute atomic E-state index is 13.1. The summed E-state index contributed by atoms with van der Waals surface area (Å²) in [5, 5.41) is 11.8. The van der Waals surface area contributed by atoms with Gasteiger partial charge in [-0.05, 0) is 44.4 Å². The van der Waals surface area contributed by atoms with E-state index < -0.39 is 11.9 Å². The van der Waals surface area contributed by atoms with E-state index in [2.05, 4.69) is 15.5 Å². The number of aromatic nitrogens is 5. The molecule has 35 heavy (non-hydrogen) atoms. The lowest BCUT2D eigenvalue weighted by Gasteiger charge is -2.11. The first-order chi connectivity index (χ1) is 16.7. The molecule has 1 fully saturated rings. The second-order valence-corrected chi connectivity index (χ2v) is 8.93. The van der Waals surface area contributed by atoms with Crippen molar-refractivity contribution >= 4 is 16.8 Å². The molecule has 0 radical (unpaired) electrons. The topological polar surface area (TPSA) is 77.6 Å². The minimum absolute atomic E-state index is 0.144. The van der Waals surface area contributed by atoms with E-state index >= 15 is 0 Å². The summed E-state index contributed by atoms with van der Waals surface area (Å²) in [4.78, 5) is 17.8. The highest BCUT2D eigenvalue weighted by molar-refractivity contribution is 6.07. The minimum atomic E-state index is -4.46. The molecule has 0 bridgehead atoms. The van der Waals surface area contributed by atoms with Gasteiger partial charge in [0, 0.05) is 48.9 Å². The molecule has 7 nitrogen and oxygen atoms in total. The highest BCUT2D eigenvalue weighted by Crippen LogP contribution is 2.42. The Balaban J connectivity index is 1.32. The van der Waals surface area contributed by atoms with Crippen LogP contribution in [0.3, 0.4) is 0 Å². The fourth-order valence-corrected chi connectivity index (χ4v) is 4.33. The summed E-state index contributed by atoms with van der Waals surface area (Å²) in [6, 6.07) is 10.3. The third-order valence-electron chi connectivity index (χ3n) is 6.18. The number of carbonyl (C=O) groups excluding carboxylic acids is 1. The van der Waals surface area contributed by atoms with E-state index in [-0.39, 0.29) is 11.8 Å². The largest absolute Gasteiger partial charge is 0.435 e. The van der Waals surface area contributed by atoms with Crippen molar-refractivity contribution < 1.29 is 18.0 Å². The van der Waals surface area contributed by atoms with Crippen LogP contribution in [0.4, 0.5) is 13.2 Å². The van der Waals surface area contributed by atoms with Gasteiger partial charge in [-0.1, -0.05) is 18.2 Å². The van der Waals surface area contributed by atoms with E-state index in [0.29, 0.717) is 42.0 Å². The Labute approximate surface area is 200 Å². The summed E-state index contributed by atoms with van der Waals surface area (Å²) in [6.07, 6.45) is -0.371. The van der Waals surface area contributed by atoms with Crippen LogP contribution in [0.15, 0.2) is 42.6 Å². The Hall–Kier alpha value is -3.69. The average molecular weight is 483 g/mol. The van der Waals surface area contributed by atoms with Crippen molar-refractivity contribution in [2.75, 3.05) is 6.54 Å². The average Bonchev–Trinajstić information content (AvgIpc) is 3.47. The number of pyridine rings is 1. The molecule has 1 aliphatic rings. The first-order valence-corrected chi connectivity index (χ1v) is 11.5. The zero-order valence-electron chi connectivity index (χ0n) is 19.4. The Morgan fingerprint density at radius 2 is 1.94 bits per heavy atom. The molecule has 10 heteroatoms. The van der Waals surface area contributed by atoms with Crippen LogP contribution in [0.1, 0.15) is 52.6 Å². The Bertz CT molecular complexity index is 1400. The van der Waals surface area contributed by atoms with Crippen LogP contribution in [0.2, 0.25) is 0 Å². The van der Waals surface area contributed by atoms with Gasteiger partial charge in [0.15, 0.2) is 5.69 Å². The summed E-state index contributed by atoms with van der Waals surface area (Å²) in [5.74, 6) is -0.115. The molecule has 0 saturated heterocycles. The molecule has 5 rings (SSSR count). The van der Waals surface area contributed by atoms with Crippen molar-refractivity contribution in [2.24, 2.45) is 7.05 Å². The van der Waals surface area contributed by atoms with E-state index in [0.717, 1.165) is 35.6 Å². The normalized spacial score (nSPS) is 14.0. The first kappa shape index (κ1) is 23.1. The second kappa shape index (κ2) is 8.83. The number of halogens is 3. The molecule has 3 aromatic heterocycles. The Morgan fingerprint density at radius 1 is 1.17 bits per heavy atom. The van der Waals surface area contributed by atoms with E-state index in [9.17, 15) is 18.0 Å². The monoisotopic (exact) mass is 482 g/mol. The number of fused-ring (bicyclic) bond motifs is 1. The highest BCUT2D eigenvalue weighted by atomic mass is 19.4. The fraction of sp³-hybridized carbons (Fsp3) is 0.360. The zero-order chi connectivity index (χ0) is 24.7. The zero-order valence-corrected chi connectivity index (χ0v) is 19.4. The quantitative estimate of drug-likeness (QED) is 0.382. The summed E-state index contributed by atoms with van der Waals surface area (Å²) in [6.45, 7) is 2.50. The van der Waals surface area contributed by atoms with Crippen molar-refractivity contribution in [1.29, 1.82) is 0 Å². The molecule has 0 atom stereocenters. The van der Waals surface area contributed by atoms with Crippen LogP contribution in [-0.4, -0.2) is 37.0 Å². The number of para-hydroxylation sites is 1. The summed E-state index contributed by atoms with van der Waals surface area (Å²) >= 11 is 0. The number of hydrogen-bond acceptors (Lipinski definition) is 4. The third kappa shape index (κ3) is 4.78. The number of aryl methyl sites for hydroxylation is 3. The summed E-state index contributed by atoms with van der Waals surface area (Å²) in [5.41, 5.74) is 3.27. The lowest BCUT2D eigenvalue weighted by Crippen LogP contribution is -2.26. The SMILES string of the molecule is Cc1nn(C)cc1-c1cc(C(=O)NCCCn2nc(C(F)(F)F)cc2C2CC2)c2ccccc2n1. The van der Waals surface area contributed by atoms with Crippen molar-refractivity contribution in [2.45, 2.75) is 44.8 Å². The maximum Gasteiger partial charge on any atom is 0.435 e. The Morgan fingerprint density at radius 3 is 2.63 bits per heavy atom. The van der Waals surface area contributed by atoms with E-state index in [4.69, 9.17) is 4.98 Å². The van der Waals surface area contributed by atoms with Crippen LogP contribution in [-0.2, 0) is 19.8 Å². The minimum Gasteiger partial charge on any atom is -0.352 e. The number of nitrogens with zero attached hydrogens (tertiary/aromatic N) is 5. The molecule has 0 unspecified atom stereocenters. The van der Waals surface area contributed by atoms with Crippen LogP contribution in [0.25, 0.3) is 22.2 Å². The Kier molecular flexibility index (Phi) is 5.82. The van der Waals surface area contributed by atoms with Gasteiger partial charge in [-0.15, -0.1) is 0 Å². The van der Waals surface area contributed by atoms with Gasteiger partial charge < -0.3 is 5.32 Å². The number of hydrogen-bond donors (Lipinski definition) is 1. The molecule has 0 spiro atoms. The highest BCUT2D eigenvalue weighted by Gasteiger charge is 2.37. The molecule has 0 aliphatic heterocycles. The van der Waals surface area contributed by atoms with Gasteiger partial charge in [-0.3, -0.25) is 14.2 Å². The van der Waals surface area contributed by atoms with Crippen LogP contribution >= 0.6 is 0 Å². The van der Waals surface area contributed by atoms with Gasteiger partial charge in [0.25, 0.3) is 5.91 Å². The predicted octanol–water partition coefficient (Wildman–Crippen LogP) is 4.86. The lowest BCUT2D eigenvalue weighted by atomic mass is 10.0. The van der Waals surface area contributed by atoms with Crippen LogP contribution in [0, 0.1) is 6.92 Å². The van der Waals surface area contributed by atoms with Crippen LogP contribution in [0.5, 0.6) is 0 Å². The molecule has 1 N–H and O–H groups in total. The molecule has 3 heterocycles. The number of benzene rings is 1. The number of alkyl halides is 3. The van der Waals surface area contributed by atoms with Gasteiger partial charge in [-0.25, -0.2) is 4.98 Å². The number of rotatable bonds is 7.